The normalized spacial score (nSPS) is 18.7. The molecule has 0 bridgehead atoms. The number of nitrogens with one attached hydrogen (secondary N) is 1. The molecule has 0 amide bonds. The van der Waals surface area contributed by atoms with Crippen LogP contribution in [-0.2, 0) is 0 Å². The summed E-state index contributed by atoms with van der Waals surface area (Å²) in [7, 11) is 2.09. The van der Waals surface area contributed by atoms with Gasteiger partial charge < -0.3 is 9.88 Å². The predicted octanol–water partition coefficient (Wildman–Crippen LogP) is 1.70. The maximum atomic E-state index is 12.6. The van der Waals surface area contributed by atoms with E-state index in [1.165, 1.54) is 0 Å². The zero-order valence-electron chi connectivity index (χ0n) is 14.5. The lowest BCUT2D eigenvalue weighted by atomic mass is 10.1. The van der Waals surface area contributed by atoms with Crippen molar-refractivity contribution in [1.82, 2.24) is 33.8 Å². The van der Waals surface area contributed by atoms with Crippen LogP contribution in [0.4, 0.5) is 0 Å². The summed E-state index contributed by atoms with van der Waals surface area (Å²) in [4.78, 5) is 31.3. The van der Waals surface area contributed by atoms with Crippen LogP contribution in [0.1, 0.15) is 18.9 Å². The molecule has 1 saturated heterocycles. The van der Waals surface area contributed by atoms with Gasteiger partial charge in [-0.1, -0.05) is 6.07 Å². The first kappa shape index (κ1) is 15.3. The molecule has 1 N–H and O–H groups in total. The number of hydrogen-bond acceptors (Lipinski definition) is 5. The van der Waals surface area contributed by atoms with Crippen LogP contribution in [0.5, 0.6) is 0 Å². The third kappa shape index (κ3) is 2.33. The lowest BCUT2D eigenvalue weighted by molar-refractivity contribution is 0.212. The van der Waals surface area contributed by atoms with E-state index in [1.54, 1.807) is 17.0 Å². The monoisotopic (exact) mass is 349 g/mol. The highest BCUT2D eigenvalue weighted by Crippen LogP contribution is 2.24. The number of hydrogen-bond donors (Lipinski definition) is 1. The van der Waals surface area contributed by atoms with Gasteiger partial charge in [-0.3, -0.25) is 8.97 Å². The molecule has 8 heteroatoms. The van der Waals surface area contributed by atoms with Crippen molar-refractivity contribution in [3.05, 3.63) is 47.3 Å². The number of pyridine rings is 1. The lowest BCUT2D eigenvalue weighted by Gasteiger charge is -2.30. The highest BCUT2D eigenvalue weighted by Gasteiger charge is 2.23. The minimum atomic E-state index is -0.120. The Morgan fingerprint density at radius 2 is 2.15 bits per heavy atom. The van der Waals surface area contributed by atoms with E-state index in [4.69, 9.17) is 4.98 Å². The fourth-order valence-corrected chi connectivity index (χ4v) is 3.83. The summed E-state index contributed by atoms with van der Waals surface area (Å²) in [6.07, 6.45) is 7.44. The fraction of sp³-hybridized carbons (Fsp3) is 0.333. The summed E-state index contributed by atoms with van der Waals surface area (Å²) in [5.41, 5.74) is 2.85. The van der Waals surface area contributed by atoms with E-state index in [1.807, 2.05) is 28.8 Å². The lowest BCUT2D eigenvalue weighted by Crippen LogP contribution is -2.37. The topological polar surface area (TPSA) is 84.1 Å². The van der Waals surface area contributed by atoms with Gasteiger partial charge in [-0.05, 0) is 38.6 Å². The Bertz CT molecular complexity index is 1160. The Morgan fingerprint density at radius 3 is 3.04 bits per heavy atom. The van der Waals surface area contributed by atoms with Crippen LogP contribution < -0.4 is 5.69 Å². The van der Waals surface area contributed by atoms with Crippen molar-refractivity contribution in [2.75, 3.05) is 20.1 Å². The number of aromatic amines is 1. The molecule has 0 saturated carbocycles. The predicted molar refractivity (Wildman–Crippen MR) is 98.1 cm³/mol. The summed E-state index contributed by atoms with van der Waals surface area (Å²) < 4.78 is 3.74. The second-order valence-corrected chi connectivity index (χ2v) is 6.86. The number of aromatic nitrogens is 6. The smallest absolute Gasteiger partial charge is 0.304 e. The molecule has 0 aromatic carbocycles. The highest BCUT2D eigenvalue weighted by molar-refractivity contribution is 5.72. The molecule has 0 unspecified atom stereocenters. The Morgan fingerprint density at radius 1 is 1.23 bits per heavy atom. The van der Waals surface area contributed by atoms with E-state index in [9.17, 15) is 4.79 Å². The van der Waals surface area contributed by atoms with Gasteiger partial charge in [0.1, 0.15) is 16.9 Å². The van der Waals surface area contributed by atoms with E-state index < -0.39 is 0 Å². The average molecular weight is 349 g/mol. The standard InChI is InChI=1S/C18H19N7O/c1-23-7-4-5-12(11-23)25-17-13(21-18(25)26)9-20-16(22-17)14-10-19-15-6-2-3-8-24(14)15/h2-3,6,8-10,12H,4-5,7,11H2,1H3,(H,21,26)/t12-/m1/s1. The van der Waals surface area contributed by atoms with Crippen LogP contribution in [0.2, 0.25) is 0 Å². The first-order chi connectivity index (χ1) is 12.7. The molecule has 26 heavy (non-hydrogen) atoms. The molecule has 0 spiro atoms. The summed E-state index contributed by atoms with van der Waals surface area (Å²) in [5.74, 6) is 0.563. The van der Waals surface area contributed by atoms with Crippen LogP contribution in [0, 0.1) is 0 Å². The van der Waals surface area contributed by atoms with Crippen molar-refractivity contribution in [3.63, 3.8) is 0 Å². The van der Waals surface area contributed by atoms with Crippen LogP contribution in [0.3, 0.4) is 0 Å². The maximum absolute atomic E-state index is 12.6. The molecule has 4 aromatic rings. The molecule has 0 radical (unpaired) electrons. The Labute approximate surface area is 149 Å². The van der Waals surface area contributed by atoms with Gasteiger partial charge in [0.2, 0.25) is 0 Å². The summed E-state index contributed by atoms with van der Waals surface area (Å²) in [5, 5.41) is 0. The van der Waals surface area contributed by atoms with Gasteiger partial charge in [-0.25, -0.2) is 19.7 Å². The van der Waals surface area contributed by atoms with Crippen LogP contribution in [-0.4, -0.2) is 53.9 Å². The van der Waals surface area contributed by atoms with Gasteiger partial charge in [-0.2, -0.15) is 0 Å². The largest absolute Gasteiger partial charge is 0.328 e. The second kappa shape index (κ2) is 5.77. The number of nitrogens with zero attached hydrogens (tertiary/aromatic N) is 6. The molecule has 1 fully saturated rings. The van der Waals surface area contributed by atoms with Crippen molar-refractivity contribution in [1.29, 1.82) is 0 Å². The van der Waals surface area contributed by atoms with Gasteiger partial charge in [0.05, 0.1) is 18.4 Å². The molecule has 5 heterocycles. The number of likely N-dealkylation sites (N-methyl/N-ethyl adjacent to an activating group) is 1. The van der Waals surface area contributed by atoms with Crippen molar-refractivity contribution in [3.8, 4) is 11.5 Å². The molecule has 1 aliphatic rings. The quantitative estimate of drug-likeness (QED) is 0.595. The maximum Gasteiger partial charge on any atom is 0.328 e. The Kier molecular flexibility index (Phi) is 3.39. The molecule has 1 aliphatic heterocycles. The zero-order chi connectivity index (χ0) is 17.7. The van der Waals surface area contributed by atoms with E-state index >= 15 is 0 Å². The van der Waals surface area contributed by atoms with E-state index in [2.05, 4.69) is 26.9 Å². The number of H-pyrrole nitrogens is 1. The van der Waals surface area contributed by atoms with Crippen LogP contribution >= 0.6 is 0 Å². The van der Waals surface area contributed by atoms with Gasteiger partial charge in [0.15, 0.2) is 11.5 Å². The molecule has 0 aliphatic carbocycles. The van der Waals surface area contributed by atoms with Crippen LogP contribution in [0.25, 0.3) is 28.3 Å². The Balaban J connectivity index is 1.67. The van der Waals surface area contributed by atoms with E-state index in [0.29, 0.717) is 17.0 Å². The van der Waals surface area contributed by atoms with E-state index in [0.717, 1.165) is 37.3 Å². The van der Waals surface area contributed by atoms with Gasteiger partial charge in [0, 0.05) is 12.7 Å². The van der Waals surface area contributed by atoms with Gasteiger partial charge in [-0.15, -0.1) is 0 Å². The SMILES string of the molecule is CN1CCC[C@@H](n2c(=O)[nH]c3cnc(-c4cnc5ccccn45)nc32)C1. The number of imidazole rings is 2. The molecular weight excluding hydrogens is 330 g/mol. The fourth-order valence-electron chi connectivity index (χ4n) is 3.83. The molecular formula is C18H19N7O. The molecule has 8 nitrogen and oxygen atoms in total. The minimum absolute atomic E-state index is 0.120. The number of piperidine rings is 1. The van der Waals surface area contributed by atoms with Gasteiger partial charge in [0.25, 0.3) is 0 Å². The van der Waals surface area contributed by atoms with Crippen molar-refractivity contribution < 1.29 is 0 Å². The third-order valence-electron chi connectivity index (χ3n) is 5.07. The molecule has 132 valence electrons. The number of likely N-dealkylation sites (tertiary alicyclic amines) is 1. The molecule has 4 aromatic heterocycles. The molecule has 5 rings (SSSR count). The number of rotatable bonds is 2. The minimum Gasteiger partial charge on any atom is -0.304 e. The summed E-state index contributed by atoms with van der Waals surface area (Å²) in [6, 6.07) is 5.95. The first-order valence-electron chi connectivity index (χ1n) is 8.79. The van der Waals surface area contributed by atoms with Crippen molar-refractivity contribution in [2.45, 2.75) is 18.9 Å². The van der Waals surface area contributed by atoms with Crippen LogP contribution in [0.15, 0.2) is 41.6 Å². The zero-order valence-corrected chi connectivity index (χ0v) is 14.5. The van der Waals surface area contributed by atoms with Crippen molar-refractivity contribution in [2.24, 2.45) is 0 Å². The first-order valence-corrected chi connectivity index (χ1v) is 8.79. The average Bonchev–Trinajstić information content (AvgIpc) is 3.21. The summed E-state index contributed by atoms with van der Waals surface area (Å²) >= 11 is 0. The third-order valence-corrected chi connectivity index (χ3v) is 5.07. The number of fused-ring (bicyclic) bond motifs is 2. The molecule has 1 atom stereocenters. The second-order valence-electron chi connectivity index (χ2n) is 6.86. The van der Waals surface area contributed by atoms with E-state index in [-0.39, 0.29) is 11.7 Å². The Hall–Kier alpha value is -3.00. The highest BCUT2D eigenvalue weighted by atomic mass is 16.1. The van der Waals surface area contributed by atoms with Gasteiger partial charge >= 0.3 is 5.69 Å². The van der Waals surface area contributed by atoms with Crippen molar-refractivity contribution >= 4 is 16.8 Å². The summed E-state index contributed by atoms with van der Waals surface area (Å²) in [6.45, 7) is 1.91.